The van der Waals surface area contributed by atoms with Crippen molar-refractivity contribution in [1.82, 2.24) is 5.43 Å². The number of benzene rings is 2. The van der Waals surface area contributed by atoms with Crippen molar-refractivity contribution in [3.8, 4) is 5.75 Å². The summed E-state index contributed by atoms with van der Waals surface area (Å²) in [6.07, 6.45) is 0.774. The van der Waals surface area contributed by atoms with Crippen molar-refractivity contribution in [3.63, 3.8) is 0 Å². The molecule has 0 heterocycles. The van der Waals surface area contributed by atoms with Crippen LogP contribution < -0.4 is 20.8 Å². The van der Waals surface area contributed by atoms with E-state index in [0.29, 0.717) is 27.9 Å². The van der Waals surface area contributed by atoms with Crippen molar-refractivity contribution >= 4 is 46.4 Å². The Balaban J connectivity index is 1.87. The summed E-state index contributed by atoms with van der Waals surface area (Å²) in [5.41, 5.74) is 4.48. The normalized spacial score (nSPS) is 10.9. The zero-order valence-corrected chi connectivity index (χ0v) is 17.7. The predicted molar refractivity (Wildman–Crippen MR) is 117 cm³/mol. The molecule has 0 saturated carbocycles. The van der Waals surface area contributed by atoms with Crippen molar-refractivity contribution in [2.45, 2.75) is 26.7 Å². The Morgan fingerprint density at radius 1 is 1.03 bits per heavy atom. The molecule has 0 saturated heterocycles. The summed E-state index contributed by atoms with van der Waals surface area (Å²) in [5.74, 6) is -1.72. The molecule has 9 heteroatoms. The number of rotatable bonds is 7. The molecule has 0 aliphatic heterocycles. The first-order valence-electron chi connectivity index (χ1n) is 9.19. The number of aryl methyl sites for hydroxylation is 1. The molecule has 3 N–H and O–H groups in total. The lowest BCUT2D eigenvalue weighted by atomic mass is 10.1. The standard InChI is InChI=1S/C21H23ClN4O4/c1-4-14-5-8-16(9-6-14)23-20(28)21(29)26-25-13(2)11-19(27)24-17-12-15(22)7-10-18(17)30-3/h5-10,12H,4,11H2,1-3H3,(H,23,28)(H,24,27)(H,26,29). The minimum absolute atomic E-state index is 0.101. The molecule has 0 atom stereocenters. The van der Waals surface area contributed by atoms with E-state index >= 15 is 0 Å². The molecular formula is C21H23ClN4O4. The second kappa shape index (κ2) is 11.0. The van der Waals surface area contributed by atoms with Crippen LogP contribution in [0.15, 0.2) is 47.6 Å². The number of amides is 3. The summed E-state index contributed by atoms with van der Waals surface area (Å²) in [6.45, 7) is 3.57. The van der Waals surface area contributed by atoms with Gasteiger partial charge >= 0.3 is 11.8 Å². The fourth-order valence-electron chi connectivity index (χ4n) is 2.45. The second-order valence-corrected chi connectivity index (χ2v) is 6.80. The van der Waals surface area contributed by atoms with Gasteiger partial charge in [-0.1, -0.05) is 30.7 Å². The van der Waals surface area contributed by atoms with Gasteiger partial charge in [0.2, 0.25) is 5.91 Å². The summed E-state index contributed by atoms with van der Waals surface area (Å²) in [5, 5.41) is 9.38. The molecule has 2 aromatic rings. The van der Waals surface area contributed by atoms with Gasteiger partial charge in [0, 0.05) is 16.4 Å². The maximum Gasteiger partial charge on any atom is 0.329 e. The van der Waals surface area contributed by atoms with E-state index in [0.717, 1.165) is 12.0 Å². The van der Waals surface area contributed by atoms with E-state index in [1.165, 1.54) is 7.11 Å². The third kappa shape index (κ3) is 6.89. The number of anilines is 2. The van der Waals surface area contributed by atoms with Crippen LogP contribution in [0.2, 0.25) is 5.02 Å². The quantitative estimate of drug-likeness (QED) is 0.355. The van der Waals surface area contributed by atoms with Gasteiger partial charge in [-0.25, -0.2) is 5.43 Å². The molecule has 0 radical (unpaired) electrons. The lowest BCUT2D eigenvalue weighted by molar-refractivity contribution is -0.136. The van der Waals surface area contributed by atoms with E-state index in [-0.39, 0.29) is 12.3 Å². The van der Waals surface area contributed by atoms with Gasteiger partial charge in [0.1, 0.15) is 5.75 Å². The maximum absolute atomic E-state index is 12.2. The summed E-state index contributed by atoms with van der Waals surface area (Å²) >= 11 is 5.93. The van der Waals surface area contributed by atoms with Crippen LogP contribution in [0.5, 0.6) is 5.75 Å². The molecule has 0 bridgehead atoms. The summed E-state index contributed by atoms with van der Waals surface area (Å²) < 4.78 is 5.17. The van der Waals surface area contributed by atoms with Crippen LogP contribution in [0.3, 0.4) is 0 Å². The van der Waals surface area contributed by atoms with Crippen molar-refractivity contribution in [1.29, 1.82) is 0 Å². The van der Waals surface area contributed by atoms with E-state index < -0.39 is 11.8 Å². The number of hydrogen-bond acceptors (Lipinski definition) is 5. The van der Waals surface area contributed by atoms with Gasteiger partial charge in [0.05, 0.1) is 19.2 Å². The number of carbonyl (C=O) groups is 3. The third-order valence-electron chi connectivity index (χ3n) is 4.03. The number of ether oxygens (including phenoxy) is 1. The molecule has 8 nitrogen and oxygen atoms in total. The van der Waals surface area contributed by atoms with E-state index in [2.05, 4.69) is 21.2 Å². The highest BCUT2D eigenvalue weighted by molar-refractivity contribution is 6.39. The molecular weight excluding hydrogens is 408 g/mol. The number of nitrogens with one attached hydrogen (secondary N) is 3. The van der Waals surface area contributed by atoms with Crippen LogP contribution in [0.25, 0.3) is 0 Å². The monoisotopic (exact) mass is 430 g/mol. The van der Waals surface area contributed by atoms with Crippen LogP contribution in [-0.2, 0) is 20.8 Å². The first kappa shape index (κ1) is 22.9. The molecule has 30 heavy (non-hydrogen) atoms. The first-order chi connectivity index (χ1) is 14.3. The second-order valence-electron chi connectivity index (χ2n) is 6.36. The van der Waals surface area contributed by atoms with E-state index in [1.807, 2.05) is 19.1 Å². The van der Waals surface area contributed by atoms with E-state index in [4.69, 9.17) is 16.3 Å². The number of carbonyl (C=O) groups excluding carboxylic acids is 3. The summed E-state index contributed by atoms with van der Waals surface area (Å²) in [7, 11) is 1.48. The Labute approximate surface area is 179 Å². The zero-order chi connectivity index (χ0) is 22.1. The Bertz CT molecular complexity index is 958. The highest BCUT2D eigenvalue weighted by atomic mass is 35.5. The average molecular weight is 431 g/mol. The minimum Gasteiger partial charge on any atom is -0.495 e. The van der Waals surface area contributed by atoms with Gasteiger partial charge in [-0.05, 0) is 49.2 Å². The van der Waals surface area contributed by atoms with Gasteiger partial charge in [-0.15, -0.1) is 0 Å². The van der Waals surface area contributed by atoms with Gasteiger partial charge in [0.15, 0.2) is 0 Å². The average Bonchev–Trinajstić information content (AvgIpc) is 2.72. The van der Waals surface area contributed by atoms with Crippen LogP contribution >= 0.6 is 11.6 Å². The molecule has 0 unspecified atom stereocenters. The number of nitrogens with zero attached hydrogens (tertiary/aromatic N) is 1. The van der Waals surface area contributed by atoms with Gasteiger partial charge in [0.25, 0.3) is 0 Å². The fraction of sp³-hybridized carbons (Fsp3) is 0.238. The van der Waals surface area contributed by atoms with E-state index in [9.17, 15) is 14.4 Å². The Morgan fingerprint density at radius 3 is 2.37 bits per heavy atom. The first-order valence-corrected chi connectivity index (χ1v) is 9.57. The minimum atomic E-state index is -0.939. The molecule has 0 aliphatic carbocycles. The number of hydrazone groups is 1. The van der Waals surface area contributed by atoms with Crippen molar-refractivity contribution in [2.75, 3.05) is 17.7 Å². The molecule has 2 aromatic carbocycles. The smallest absolute Gasteiger partial charge is 0.329 e. The van der Waals surface area contributed by atoms with Crippen LogP contribution in [0.1, 0.15) is 25.8 Å². The maximum atomic E-state index is 12.2. The number of halogens is 1. The number of hydrogen-bond donors (Lipinski definition) is 3. The van der Waals surface area contributed by atoms with Crippen LogP contribution in [0.4, 0.5) is 11.4 Å². The molecule has 0 spiro atoms. The predicted octanol–water partition coefficient (Wildman–Crippen LogP) is 3.37. The lowest BCUT2D eigenvalue weighted by Gasteiger charge is -2.10. The topological polar surface area (TPSA) is 109 Å². The molecule has 158 valence electrons. The number of methoxy groups -OCH3 is 1. The molecule has 0 aromatic heterocycles. The lowest BCUT2D eigenvalue weighted by Crippen LogP contribution is -2.33. The van der Waals surface area contributed by atoms with Crippen LogP contribution in [-0.4, -0.2) is 30.5 Å². The zero-order valence-electron chi connectivity index (χ0n) is 16.9. The highest BCUT2D eigenvalue weighted by Crippen LogP contribution is 2.27. The summed E-state index contributed by atoms with van der Waals surface area (Å²) in [4.78, 5) is 36.0. The van der Waals surface area contributed by atoms with Crippen LogP contribution in [0, 0.1) is 0 Å². The van der Waals surface area contributed by atoms with Crippen molar-refractivity contribution < 1.29 is 19.1 Å². The van der Waals surface area contributed by atoms with Gasteiger partial charge in [-0.3, -0.25) is 14.4 Å². The fourth-order valence-corrected chi connectivity index (χ4v) is 2.62. The molecule has 0 fully saturated rings. The van der Waals surface area contributed by atoms with Gasteiger partial charge < -0.3 is 15.4 Å². The summed E-state index contributed by atoms with van der Waals surface area (Å²) in [6, 6.07) is 12.0. The Hall–Kier alpha value is -3.39. The van der Waals surface area contributed by atoms with E-state index in [1.54, 1.807) is 37.3 Å². The van der Waals surface area contributed by atoms with Crippen molar-refractivity contribution in [2.24, 2.45) is 5.10 Å². The molecule has 0 aliphatic rings. The third-order valence-corrected chi connectivity index (χ3v) is 4.26. The Kier molecular flexibility index (Phi) is 8.37. The molecule has 3 amide bonds. The Morgan fingerprint density at radius 2 is 1.73 bits per heavy atom. The van der Waals surface area contributed by atoms with Crippen molar-refractivity contribution in [3.05, 3.63) is 53.1 Å². The molecule has 2 rings (SSSR count). The largest absolute Gasteiger partial charge is 0.495 e. The van der Waals surface area contributed by atoms with Gasteiger partial charge in [-0.2, -0.15) is 5.10 Å². The highest BCUT2D eigenvalue weighted by Gasteiger charge is 2.14. The SMILES string of the molecule is CCc1ccc(NC(=O)C(=O)NN=C(C)CC(=O)Nc2cc(Cl)ccc2OC)cc1.